The molecule has 26 heavy (non-hydrogen) atoms. The predicted octanol–water partition coefficient (Wildman–Crippen LogP) is 1.38. The molecule has 10 heteroatoms. The van der Waals surface area contributed by atoms with E-state index < -0.39 is 15.9 Å². The molecule has 0 spiro atoms. The number of carbonyl (C=O) groups is 1. The summed E-state index contributed by atoms with van der Waals surface area (Å²) in [4.78, 5) is 19.9. The molecule has 0 unspecified atom stereocenters. The normalized spacial score (nSPS) is 11.0. The quantitative estimate of drug-likeness (QED) is 0.517. The van der Waals surface area contributed by atoms with Gasteiger partial charge in [-0.3, -0.25) is 9.52 Å². The lowest BCUT2D eigenvalue weighted by molar-refractivity contribution is 0.100. The molecule has 0 aliphatic rings. The molecule has 0 atom stereocenters. The number of nitrogens with one attached hydrogen (secondary N) is 3. The first-order valence-corrected chi connectivity index (χ1v) is 9.89. The van der Waals surface area contributed by atoms with Gasteiger partial charge in [0.2, 0.25) is 16.0 Å². The highest BCUT2D eigenvalue weighted by Gasteiger charge is 2.13. The first-order valence-electron chi connectivity index (χ1n) is 8.00. The summed E-state index contributed by atoms with van der Waals surface area (Å²) < 4.78 is 25.4. The number of para-hydroxylation sites is 1. The van der Waals surface area contributed by atoms with E-state index in [1.54, 1.807) is 24.3 Å². The molecule has 0 fully saturated rings. The van der Waals surface area contributed by atoms with E-state index in [4.69, 9.17) is 5.73 Å². The molecule has 2 rings (SSSR count). The van der Waals surface area contributed by atoms with Crippen LogP contribution in [0.3, 0.4) is 0 Å². The van der Waals surface area contributed by atoms with E-state index in [1.807, 2.05) is 6.92 Å². The van der Waals surface area contributed by atoms with Crippen molar-refractivity contribution in [2.75, 3.05) is 28.2 Å². The monoisotopic (exact) mass is 378 g/mol. The number of hydrogen-bond donors (Lipinski definition) is 4. The van der Waals surface area contributed by atoms with E-state index in [9.17, 15) is 13.2 Å². The summed E-state index contributed by atoms with van der Waals surface area (Å²) >= 11 is 0. The highest BCUT2D eigenvalue weighted by Crippen LogP contribution is 2.19. The predicted molar refractivity (Wildman–Crippen MR) is 102 cm³/mol. The summed E-state index contributed by atoms with van der Waals surface area (Å²) in [7, 11) is -3.41. The van der Waals surface area contributed by atoms with Crippen LogP contribution >= 0.6 is 0 Å². The summed E-state index contributed by atoms with van der Waals surface area (Å²) in [5.41, 5.74) is 6.66. The molecule has 1 heterocycles. The van der Waals surface area contributed by atoms with Crippen LogP contribution in [0.5, 0.6) is 0 Å². The van der Waals surface area contributed by atoms with Gasteiger partial charge < -0.3 is 16.4 Å². The molecular weight excluding hydrogens is 356 g/mol. The van der Waals surface area contributed by atoms with Gasteiger partial charge in [-0.05, 0) is 18.1 Å². The van der Waals surface area contributed by atoms with Gasteiger partial charge in [-0.2, -0.15) is 4.98 Å². The number of nitrogens with two attached hydrogens (primary N) is 1. The molecule has 0 saturated carbocycles. The van der Waals surface area contributed by atoms with Gasteiger partial charge in [0, 0.05) is 19.3 Å². The minimum absolute atomic E-state index is 0.153. The zero-order valence-electron chi connectivity index (χ0n) is 14.6. The number of benzene rings is 1. The summed E-state index contributed by atoms with van der Waals surface area (Å²) in [6, 6.07) is 6.93. The first kappa shape index (κ1) is 19.4. The van der Waals surface area contributed by atoms with Crippen LogP contribution in [0.15, 0.2) is 30.5 Å². The molecule has 1 aromatic heterocycles. The van der Waals surface area contributed by atoms with E-state index >= 15 is 0 Å². The second-order valence-electron chi connectivity index (χ2n) is 5.63. The second kappa shape index (κ2) is 8.48. The fourth-order valence-electron chi connectivity index (χ4n) is 2.17. The maximum atomic E-state index is 11.6. The third kappa shape index (κ3) is 5.59. The maximum absolute atomic E-state index is 11.6. The van der Waals surface area contributed by atoms with Crippen LogP contribution in [0.25, 0.3) is 0 Å². The van der Waals surface area contributed by atoms with Crippen molar-refractivity contribution in [3.8, 4) is 0 Å². The van der Waals surface area contributed by atoms with E-state index in [1.165, 1.54) is 6.20 Å². The number of hydrogen-bond acceptors (Lipinski definition) is 7. The fourth-order valence-corrected chi connectivity index (χ4v) is 2.77. The van der Waals surface area contributed by atoms with Crippen molar-refractivity contribution in [1.29, 1.82) is 0 Å². The van der Waals surface area contributed by atoms with Crippen molar-refractivity contribution in [3.05, 3.63) is 41.6 Å². The number of rotatable bonds is 9. The van der Waals surface area contributed by atoms with Crippen molar-refractivity contribution in [2.24, 2.45) is 5.73 Å². The van der Waals surface area contributed by atoms with Gasteiger partial charge in [0.05, 0.1) is 17.5 Å². The Balaban J connectivity index is 2.24. The summed E-state index contributed by atoms with van der Waals surface area (Å²) in [6.45, 7) is 2.94. The highest BCUT2D eigenvalue weighted by molar-refractivity contribution is 7.92. The lowest BCUT2D eigenvalue weighted by atomic mass is 10.2. The van der Waals surface area contributed by atoms with Crippen LogP contribution in [0.2, 0.25) is 0 Å². The van der Waals surface area contributed by atoms with Crippen LogP contribution in [0.1, 0.15) is 29.3 Å². The third-order valence-corrected chi connectivity index (χ3v) is 3.94. The molecule has 9 nitrogen and oxygen atoms in total. The van der Waals surface area contributed by atoms with Crippen LogP contribution in [0, 0.1) is 0 Å². The minimum atomic E-state index is -3.41. The lowest BCUT2D eigenvalue weighted by Crippen LogP contribution is -2.18. The van der Waals surface area contributed by atoms with Gasteiger partial charge in [-0.1, -0.05) is 25.1 Å². The molecule has 0 aliphatic heterocycles. The van der Waals surface area contributed by atoms with Gasteiger partial charge in [0.1, 0.15) is 5.82 Å². The zero-order chi connectivity index (χ0) is 19.2. The van der Waals surface area contributed by atoms with Crippen LogP contribution in [-0.4, -0.2) is 37.1 Å². The summed E-state index contributed by atoms with van der Waals surface area (Å²) in [5, 5.41) is 6.06. The number of anilines is 3. The number of nitrogens with zero attached hydrogens (tertiary/aromatic N) is 2. The average Bonchev–Trinajstić information content (AvgIpc) is 2.57. The lowest BCUT2D eigenvalue weighted by Gasteiger charge is -2.14. The molecule has 0 radical (unpaired) electrons. The van der Waals surface area contributed by atoms with Gasteiger partial charge >= 0.3 is 0 Å². The largest absolute Gasteiger partial charge is 0.365 e. The molecule has 140 valence electrons. The van der Waals surface area contributed by atoms with Crippen molar-refractivity contribution >= 4 is 33.4 Å². The number of sulfonamides is 1. The van der Waals surface area contributed by atoms with Gasteiger partial charge in [-0.25, -0.2) is 13.4 Å². The standard InChI is InChI=1S/C16H22N6O3S/c1-3-8-18-16-20-10-12(14(17)23)15(21-16)19-9-11-6-4-5-7-13(11)22-26(2,24)25/h4-7,10,22H,3,8-9H2,1-2H3,(H2,17,23)(H2,18,19,20,21). The van der Waals surface area contributed by atoms with Crippen LogP contribution in [0.4, 0.5) is 17.5 Å². The fraction of sp³-hybridized carbons (Fsp3) is 0.312. The molecular formula is C16H22N6O3S. The van der Waals surface area contributed by atoms with Gasteiger partial charge in [0.15, 0.2) is 0 Å². The Labute approximate surface area is 152 Å². The topological polar surface area (TPSA) is 139 Å². The Kier molecular flexibility index (Phi) is 6.34. The zero-order valence-corrected chi connectivity index (χ0v) is 15.4. The molecule has 0 bridgehead atoms. The van der Waals surface area contributed by atoms with E-state index in [-0.39, 0.29) is 17.9 Å². The number of amides is 1. The number of carbonyl (C=O) groups excluding carboxylic acids is 1. The molecule has 1 amide bonds. The Hall–Kier alpha value is -2.88. The Morgan fingerprint density at radius 2 is 1.96 bits per heavy atom. The van der Waals surface area contributed by atoms with Crippen LogP contribution < -0.4 is 21.1 Å². The van der Waals surface area contributed by atoms with Crippen molar-refractivity contribution in [1.82, 2.24) is 9.97 Å². The van der Waals surface area contributed by atoms with Crippen molar-refractivity contribution in [3.63, 3.8) is 0 Å². The first-order chi connectivity index (χ1) is 12.3. The Morgan fingerprint density at radius 1 is 1.23 bits per heavy atom. The van der Waals surface area contributed by atoms with Gasteiger partial charge in [0.25, 0.3) is 5.91 Å². The summed E-state index contributed by atoms with van der Waals surface area (Å²) in [6.07, 6.45) is 3.34. The molecule has 1 aromatic carbocycles. The maximum Gasteiger partial charge on any atom is 0.254 e. The Morgan fingerprint density at radius 3 is 2.62 bits per heavy atom. The molecule has 5 N–H and O–H groups in total. The SMILES string of the molecule is CCCNc1ncc(C(N)=O)c(NCc2ccccc2NS(C)(=O)=O)n1. The van der Waals surface area contributed by atoms with Crippen LogP contribution in [-0.2, 0) is 16.6 Å². The molecule has 2 aromatic rings. The highest BCUT2D eigenvalue weighted by atomic mass is 32.2. The second-order valence-corrected chi connectivity index (χ2v) is 7.38. The average molecular weight is 378 g/mol. The van der Waals surface area contributed by atoms with Crippen molar-refractivity contribution < 1.29 is 13.2 Å². The van der Waals surface area contributed by atoms with E-state index in [0.717, 1.165) is 12.7 Å². The number of primary amides is 1. The van der Waals surface area contributed by atoms with Crippen molar-refractivity contribution in [2.45, 2.75) is 19.9 Å². The number of aromatic nitrogens is 2. The van der Waals surface area contributed by atoms with E-state index in [2.05, 4.69) is 25.3 Å². The molecule has 0 saturated heterocycles. The molecule has 0 aliphatic carbocycles. The summed E-state index contributed by atoms with van der Waals surface area (Å²) in [5.74, 6) is -0.000699. The van der Waals surface area contributed by atoms with Gasteiger partial charge in [-0.15, -0.1) is 0 Å². The third-order valence-electron chi connectivity index (χ3n) is 3.35. The Bertz CT molecular complexity index is 885. The minimum Gasteiger partial charge on any atom is -0.365 e. The smallest absolute Gasteiger partial charge is 0.254 e. The van der Waals surface area contributed by atoms with E-state index in [0.29, 0.717) is 23.7 Å².